The number of rotatable bonds is 5. The molecule has 1 aliphatic rings. The molecule has 1 aromatic rings. The van der Waals surface area contributed by atoms with Gasteiger partial charge in [-0.2, -0.15) is 0 Å². The molecule has 0 aliphatic carbocycles. The topological polar surface area (TPSA) is 71.8 Å². The maximum absolute atomic E-state index is 11.5. The van der Waals surface area contributed by atoms with Crippen LogP contribution in [0.4, 0.5) is 0 Å². The molecule has 6 heteroatoms. The number of nitrogens with one attached hydrogen (secondary N) is 2. The monoisotopic (exact) mass is 223 g/mol. The third kappa shape index (κ3) is 3.30. The summed E-state index contributed by atoms with van der Waals surface area (Å²) in [6.45, 7) is 3.30. The van der Waals surface area contributed by atoms with Gasteiger partial charge in [0.2, 0.25) is 5.91 Å². The SMILES string of the molecule is O=C(CC1CCNC1)NCCn1ccnn1. The average Bonchev–Trinajstić information content (AvgIpc) is 2.90. The maximum atomic E-state index is 11.5. The summed E-state index contributed by atoms with van der Waals surface area (Å²) in [5, 5.41) is 13.7. The normalized spacial score (nSPS) is 19.9. The van der Waals surface area contributed by atoms with E-state index in [4.69, 9.17) is 0 Å². The number of carbonyl (C=O) groups excluding carboxylic acids is 1. The quantitative estimate of drug-likeness (QED) is 0.699. The second kappa shape index (κ2) is 5.60. The predicted molar refractivity (Wildman–Crippen MR) is 58.6 cm³/mol. The number of nitrogens with zero attached hydrogens (tertiary/aromatic N) is 3. The van der Waals surface area contributed by atoms with Crippen molar-refractivity contribution >= 4 is 5.91 Å². The molecular formula is C10H17N5O. The molecule has 1 fully saturated rings. The maximum Gasteiger partial charge on any atom is 0.220 e. The first-order chi connectivity index (χ1) is 7.84. The van der Waals surface area contributed by atoms with Crippen molar-refractivity contribution in [2.75, 3.05) is 19.6 Å². The minimum atomic E-state index is 0.133. The van der Waals surface area contributed by atoms with E-state index in [2.05, 4.69) is 20.9 Å². The molecule has 1 saturated heterocycles. The van der Waals surface area contributed by atoms with E-state index < -0.39 is 0 Å². The van der Waals surface area contributed by atoms with E-state index in [-0.39, 0.29) is 5.91 Å². The summed E-state index contributed by atoms with van der Waals surface area (Å²) in [6.07, 6.45) is 5.15. The van der Waals surface area contributed by atoms with Gasteiger partial charge in [-0.1, -0.05) is 5.21 Å². The van der Waals surface area contributed by atoms with Crippen LogP contribution in [0.3, 0.4) is 0 Å². The molecule has 1 amide bonds. The molecule has 88 valence electrons. The molecule has 2 rings (SSSR count). The molecule has 6 nitrogen and oxygen atoms in total. The Hall–Kier alpha value is -1.43. The van der Waals surface area contributed by atoms with Crippen LogP contribution in [0.15, 0.2) is 12.4 Å². The van der Waals surface area contributed by atoms with Gasteiger partial charge in [0.1, 0.15) is 0 Å². The van der Waals surface area contributed by atoms with Crippen molar-refractivity contribution in [3.05, 3.63) is 12.4 Å². The van der Waals surface area contributed by atoms with Gasteiger partial charge in [-0.25, -0.2) is 0 Å². The van der Waals surface area contributed by atoms with Gasteiger partial charge in [0, 0.05) is 19.2 Å². The van der Waals surface area contributed by atoms with Crippen LogP contribution in [0.1, 0.15) is 12.8 Å². The Bertz CT molecular complexity index is 318. The second-order valence-electron chi connectivity index (χ2n) is 4.08. The lowest BCUT2D eigenvalue weighted by Gasteiger charge is -2.08. The lowest BCUT2D eigenvalue weighted by Crippen LogP contribution is -2.29. The van der Waals surface area contributed by atoms with Crippen LogP contribution in [0.2, 0.25) is 0 Å². The van der Waals surface area contributed by atoms with Crippen LogP contribution < -0.4 is 10.6 Å². The summed E-state index contributed by atoms with van der Waals surface area (Å²) < 4.78 is 1.71. The van der Waals surface area contributed by atoms with Crippen LogP contribution >= 0.6 is 0 Å². The zero-order valence-electron chi connectivity index (χ0n) is 9.22. The Balaban J connectivity index is 1.60. The van der Waals surface area contributed by atoms with Crippen LogP contribution in [-0.2, 0) is 11.3 Å². The first-order valence-electron chi connectivity index (χ1n) is 5.66. The fraction of sp³-hybridized carbons (Fsp3) is 0.700. The van der Waals surface area contributed by atoms with Gasteiger partial charge >= 0.3 is 0 Å². The van der Waals surface area contributed by atoms with E-state index in [0.717, 1.165) is 19.5 Å². The summed E-state index contributed by atoms with van der Waals surface area (Å²) in [5.41, 5.74) is 0. The van der Waals surface area contributed by atoms with Gasteiger partial charge in [-0.05, 0) is 25.4 Å². The van der Waals surface area contributed by atoms with Crippen molar-refractivity contribution in [1.29, 1.82) is 0 Å². The molecule has 2 heterocycles. The zero-order valence-corrected chi connectivity index (χ0v) is 9.22. The van der Waals surface area contributed by atoms with E-state index >= 15 is 0 Å². The third-order valence-electron chi connectivity index (χ3n) is 2.77. The first kappa shape index (κ1) is 11.1. The van der Waals surface area contributed by atoms with Crippen molar-refractivity contribution in [3.8, 4) is 0 Å². The Morgan fingerprint density at radius 1 is 1.62 bits per heavy atom. The molecule has 0 radical (unpaired) electrons. The number of hydrogen-bond donors (Lipinski definition) is 2. The molecule has 1 atom stereocenters. The lowest BCUT2D eigenvalue weighted by atomic mass is 10.0. The summed E-state index contributed by atoms with van der Waals surface area (Å²) in [6, 6.07) is 0. The van der Waals surface area contributed by atoms with Crippen LogP contribution in [-0.4, -0.2) is 40.5 Å². The smallest absolute Gasteiger partial charge is 0.220 e. The van der Waals surface area contributed by atoms with Gasteiger partial charge < -0.3 is 10.6 Å². The zero-order chi connectivity index (χ0) is 11.2. The Morgan fingerprint density at radius 2 is 2.56 bits per heavy atom. The third-order valence-corrected chi connectivity index (χ3v) is 2.77. The highest BCUT2D eigenvalue weighted by molar-refractivity contribution is 5.76. The Labute approximate surface area is 94.4 Å². The number of amides is 1. The molecule has 1 aromatic heterocycles. The van der Waals surface area contributed by atoms with Crippen molar-refractivity contribution in [1.82, 2.24) is 25.6 Å². The van der Waals surface area contributed by atoms with Crippen molar-refractivity contribution < 1.29 is 4.79 Å². The molecule has 0 spiro atoms. The molecule has 2 N–H and O–H groups in total. The van der Waals surface area contributed by atoms with Crippen molar-refractivity contribution in [2.45, 2.75) is 19.4 Å². The van der Waals surface area contributed by atoms with Crippen LogP contribution in [0.25, 0.3) is 0 Å². The Morgan fingerprint density at radius 3 is 3.25 bits per heavy atom. The highest BCUT2D eigenvalue weighted by Gasteiger charge is 2.17. The lowest BCUT2D eigenvalue weighted by molar-refractivity contribution is -0.121. The van der Waals surface area contributed by atoms with Crippen LogP contribution in [0, 0.1) is 5.92 Å². The van der Waals surface area contributed by atoms with Crippen LogP contribution in [0.5, 0.6) is 0 Å². The molecule has 16 heavy (non-hydrogen) atoms. The largest absolute Gasteiger partial charge is 0.354 e. The average molecular weight is 223 g/mol. The highest BCUT2D eigenvalue weighted by atomic mass is 16.1. The summed E-state index contributed by atoms with van der Waals surface area (Å²) in [5.74, 6) is 0.639. The van der Waals surface area contributed by atoms with E-state index in [1.54, 1.807) is 17.1 Å². The second-order valence-corrected chi connectivity index (χ2v) is 4.08. The molecule has 1 unspecified atom stereocenters. The minimum absolute atomic E-state index is 0.133. The molecule has 0 aromatic carbocycles. The van der Waals surface area contributed by atoms with E-state index in [1.807, 2.05) is 0 Å². The van der Waals surface area contributed by atoms with E-state index in [1.165, 1.54) is 0 Å². The molecule has 1 aliphatic heterocycles. The molecule has 0 saturated carbocycles. The molecule has 0 bridgehead atoms. The number of aromatic nitrogens is 3. The van der Waals surface area contributed by atoms with Gasteiger partial charge in [-0.15, -0.1) is 5.10 Å². The van der Waals surface area contributed by atoms with Crippen molar-refractivity contribution in [2.24, 2.45) is 5.92 Å². The minimum Gasteiger partial charge on any atom is -0.354 e. The van der Waals surface area contributed by atoms with Gasteiger partial charge in [0.15, 0.2) is 0 Å². The van der Waals surface area contributed by atoms with Gasteiger partial charge in [-0.3, -0.25) is 9.48 Å². The molecular weight excluding hydrogens is 206 g/mol. The summed E-state index contributed by atoms with van der Waals surface area (Å²) in [7, 11) is 0. The fourth-order valence-corrected chi connectivity index (χ4v) is 1.88. The van der Waals surface area contributed by atoms with Gasteiger partial charge in [0.25, 0.3) is 0 Å². The van der Waals surface area contributed by atoms with E-state index in [0.29, 0.717) is 25.4 Å². The standard InChI is InChI=1S/C10H17N5O/c16-10(7-9-1-2-11-8-9)12-3-5-15-6-4-13-14-15/h4,6,9,11H,1-3,5,7-8H2,(H,12,16). The van der Waals surface area contributed by atoms with E-state index in [9.17, 15) is 4.79 Å². The Kier molecular flexibility index (Phi) is 3.87. The number of carbonyl (C=O) groups is 1. The van der Waals surface area contributed by atoms with Gasteiger partial charge in [0.05, 0.1) is 12.7 Å². The summed E-state index contributed by atoms with van der Waals surface area (Å²) in [4.78, 5) is 11.5. The highest BCUT2D eigenvalue weighted by Crippen LogP contribution is 2.11. The fourth-order valence-electron chi connectivity index (χ4n) is 1.88. The number of hydrogen-bond acceptors (Lipinski definition) is 4. The summed E-state index contributed by atoms with van der Waals surface area (Å²) >= 11 is 0. The van der Waals surface area contributed by atoms with Crippen molar-refractivity contribution in [3.63, 3.8) is 0 Å². The predicted octanol–water partition coefficient (Wildman–Crippen LogP) is -0.606. The first-order valence-corrected chi connectivity index (χ1v) is 5.66.